The van der Waals surface area contributed by atoms with Crippen molar-refractivity contribution in [1.29, 1.82) is 0 Å². The molecule has 0 nitrogen and oxygen atoms in total. The third-order valence-corrected chi connectivity index (χ3v) is 2.82. The molecule has 1 aliphatic heterocycles. The highest BCUT2D eigenvalue weighted by Gasteiger charge is 2.27. The molecule has 0 N–H and O–H groups in total. The van der Waals surface area contributed by atoms with Crippen molar-refractivity contribution < 1.29 is 0 Å². The van der Waals surface area contributed by atoms with Crippen LogP contribution in [-0.2, 0) is 0 Å². The Morgan fingerprint density at radius 1 is 0.846 bits per heavy atom. The highest BCUT2D eigenvalue weighted by atomic mass is 14.0. The Hall–Kier alpha value is -1.24. The van der Waals surface area contributed by atoms with Crippen LogP contribution in [0.4, 0.5) is 0 Å². The number of hydrogen-bond acceptors (Lipinski definition) is 0. The van der Waals surface area contributed by atoms with E-state index in [0.29, 0.717) is 0 Å². The minimum absolute atomic E-state index is 0.865. The van der Waals surface area contributed by atoms with Gasteiger partial charge in [-0.3, -0.25) is 0 Å². The van der Waals surface area contributed by atoms with Crippen molar-refractivity contribution in [3.8, 4) is 0 Å². The highest BCUT2D eigenvalue weighted by molar-refractivity contribution is 6.82. The van der Waals surface area contributed by atoms with Crippen molar-refractivity contribution >= 4 is 22.9 Å². The van der Waals surface area contributed by atoms with Gasteiger partial charge >= 0.3 is 0 Å². The van der Waals surface area contributed by atoms with E-state index in [9.17, 15) is 0 Å². The van der Waals surface area contributed by atoms with Gasteiger partial charge in [-0.2, -0.15) is 0 Å². The maximum absolute atomic E-state index is 2.34. The molecule has 1 heterocycles. The van der Waals surface area contributed by atoms with E-state index in [1.165, 1.54) is 28.9 Å². The average molecular weight is 166 g/mol. The predicted molar refractivity (Wildman–Crippen MR) is 59.0 cm³/mol. The van der Waals surface area contributed by atoms with Gasteiger partial charge in [-0.15, -0.1) is 0 Å². The molecule has 2 aromatic rings. The Bertz CT molecular complexity index is 444. The van der Waals surface area contributed by atoms with E-state index in [1.807, 2.05) is 0 Å². The van der Waals surface area contributed by atoms with Crippen LogP contribution in [0.1, 0.15) is 0 Å². The zero-order valence-electron chi connectivity index (χ0n) is 7.53. The number of benzene rings is 2. The van der Waals surface area contributed by atoms with E-state index in [2.05, 4.69) is 42.5 Å². The van der Waals surface area contributed by atoms with Gasteiger partial charge in [-0.05, 0) is 10.8 Å². The summed E-state index contributed by atoms with van der Waals surface area (Å²) in [4.78, 5) is 0. The Morgan fingerprint density at radius 2 is 1.62 bits per heavy atom. The molecule has 0 spiro atoms. The summed E-state index contributed by atoms with van der Waals surface area (Å²) in [6.07, 6.45) is 2.77. The van der Waals surface area contributed by atoms with Crippen molar-refractivity contribution in [2.45, 2.75) is 12.6 Å². The lowest BCUT2D eigenvalue weighted by atomic mass is 9.63. The van der Waals surface area contributed by atoms with Crippen molar-refractivity contribution in [2.75, 3.05) is 0 Å². The van der Waals surface area contributed by atoms with Crippen LogP contribution in [0.2, 0.25) is 12.6 Å². The minimum Gasteiger partial charge on any atom is -0.0795 e. The fourth-order valence-electron chi connectivity index (χ4n) is 1.88. The lowest BCUT2D eigenvalue weighted by Gasteiger charge is -2.00. The molecule has 3 rings (SSSR count). The molecule has 0 amide bonds. The molecule has 1 saturated heterocycles. The molecule has 0 atom stereocenters. The van der Waals surface area contributed by atoms with Crippen molar-refractivity contribution in [3.05, 3.63) is 42.5 Å². The van der Waals surface area contributed by atoms with Crippen LogP contribution in [0.15, 0.2) is 42.5 Å². The van der Waals surface area contributed by atoms with Crippen LogP contribution in [0, 0.1) is 0 Å². The maximum atomic E-state index is 2.34. The summed E-state index contributed by atoms with van der Waals surface area (Å²) in [5.41, 5.74) is 1.53. The molecule has 62 valence electrons. The van der Waals surface area contributed by atoms with E-state index in [-0.39, 0.29) is 0 Å². The fraction of sp³-hybridized carbons (Fsp3) is 0.167. The third-order valence-electron chi connectivity index (χ3n) is 2.82. The normalized spacial score (nSPS) is 14.9. The Morgan fingerprint density at radius 3 is 2.38 bits per heavy atom. The topological polar surface area (TPSA) is 0 Å². The van der Waals surface area contributed by atoms with Crippen molar-refractivity contribution in [2.24, 2.45) is 0 Å². The summed E-state index contributed by atoms with van der Waals surface area (Å²) < 4.78 is 0. The molecule has 0 bridgehead atoms. The minimum atomic E-state index is 0.865. The monoisotopic (exact) mass is 166 g/mol. The van der Waals surface area contributed by atoms with E-state index in [0.717, 1.165) is 6.71 Å². The summed E-state index contributed by atoms with van der Waals surface area (Å²) in [7, 11) is 0. The lowest BCUT2D eigenvalue weighted by Crippen LogP contribution is -2.13. The molecule has 1 fully saturated rings. The molecule has 0 radical (unpaired) electrons. The van der Waals surface area contributed by atoms with E-state index >= 15 is 0 Å². The first kappa shape index (κ1) is 7.20. The quantitative estimate of drug-likeness (QED) is 0.571. The first-order chi connectivity index (χ1) is 6.43. The second-order valence-corrected chi connectivity index (χ2v) is 3.88. The second kappa shape index (κ2) is 2.63. The molecule has 13 heavy (non-hydrogen) atoms. The summed E-state index contributed by atoms with van der Waals surface area (Å²) in [6.45, 7) is 0.865. The maximum Gasteiger partial charge on any atom is 0.174 e. The molecular weight excluding hydrogens is 155 g/mol. The van der Waals surface area contributed by atoms with Crippen molar-refractivity contribution in [3.63, 3.8) is 0 Å². The van der Waals surface area contributed by atoms with Crippen LogP contribution >= 0.6 is 0 Å². The Balaban J connectivity index is 2.21. The smallest absolute Gasteiger partial charge is 0.0795 e. The van der Waals surface area contributed by atoms with E-state index in [4.69, 9.17) is 0 Å². The lowest BCUT2D eigenvalue weighted by molar-refractivity contribution is 1.69. The largest absolute Gasteiger partial charge is 0.174 e. The number of hydrogen-bond donors (Lipinski definition) is 0. The summed E-state index contributed by atoms with van der Waals surface area (Å²) in [6, 6.07) is 15.4. The van der Waals surface area contributed by atoms with Crippen LogP contribution in [0.3, 0.4) is 0 Å². The van der Waals surface area contributed by atoms with Gasteiger partial charge in [0.15, 0.2) is 6.71 Å². The highest BCUT2D eigenvalue weighted by Crippen LogP contribution is 2.22. The van der Waals surface area contributed by atoms with Crippen molar-refractivity contribution in [1.82, 2.24) is 0 Å². The predicted octanol–water partition coefficient (Wildman–Crippen LogP) is 2.56. The van der Waals surface area contributed by atoms with Gasteiger partial charge < -0.3 is 0 Å². The Labute approximate surface area is 78.7 Å². The van der Waals surface area contributed by atoms with Gasteiger partial charge in [0.1, 0.15) is 0 Å². The first-order valence-corrected chi connectivity index (χ1v) is 4.92. The molecule has 0 saturated carbocycles. The zero-order chi connectivity index (χ0) is 8.67. The molecule has 1 heteroatoms. The van der Waals surface area contributed by atoms with Crippen LogP contribution in [0.5, 0.6) is 0 Å². The molecule has 0 unspecified atom stereocenters. The van der Waals surface area contributed by atoms with Gasteiger partial charge in [0.05, 0.1) is 0 Å². The zero-order valence-corrected chi connectivity index (χ0v) is 7.53. The van der Waals surface area contributed by atoms with Crippen LogP contribution < -0.4 is 5.46 Å². The third kappa shape index (κ3) is 1.25. The van der Waals surface area contributed by atoms with Gasteiger partial charge in [0, 0.05) is 0 Å². The average Bonchev–Trinajstić information content (AvgIpc) is 3.00. The molecule has 0 aliphatic carbocycles. The Kier molecular flexibility index (Phi) is 1.45. The standard InChI is InChI=1S/C12H11B/c1-2-4-11-9-12(13-7-8-13)6-5-10(11)3-1/h1-6,9H,7-8H2. The fourth-order valence-corrected chi connectivity index (χ4v) is 1.88. The van der Waals surface area contributed by atoms with Crippen LogP contribution in [-0.4, -0.2) is 6.71 Å². The molecule has 1 aliphatic rings. The van der Waals surface area contributed by atoms with Gasteiger partial charge in [-0.25, -0.2) is 0 Å². The molecule has 0 aromatic heterocycles. The molecular formula is C12H11B. The SMILES string of the molecule is c1ccc2cc(B3CC3)ccc2c1. The van der Waals surface area contributed by atoms with E-state index in [1.54, 1.807) is 0 Å². The summed E-state index contributed by atoms with van der Waals surface area (Å²) in [5.74, 6) is 0. The van der Waals surface area contributed by atoms with Gasteiger partial charge in [0.2, 0.25) is 0 Å². The van der Waals surface area contributed by atoms with Gasteiger partial charge in [0.25, 0.3) is 0 Å². The summed E-state index contributed by atoms with van der Waals surface area (Å²) >= 11 is 0. The number of fused-ring (bicyclic) bond motifs is 1. The summed E-state index contributed by atoms with van der Waals surface area (Å²) in [5, 5.41) is 2.74. The van der Waals surface area contributed by atoms with Gasteiger partial charge in [-0.1, -0.05) is 60.6 Å². The van der Waals surface area contributed by atoms with E-state index < -0.39 is 0 Å². The second-order valence-electron chi connectivity index (χ2n) is 3.88. The number of rotatable bonds is 1. The first-order valence-electron chi connectivity index (χ1n) is 4.92. The van der Waals surface area contributed by atoms with Crippen LogP contribution in [0.25, 0.3) is 10.8 Å². The molecule has 2 aromatic carbocycles.